The summed E-state index contributed by atoms with van der Waals surface area (Å²) in [5.41, 5.74) is 4.70. The highest BCUT2D eigenvalue weighted by Crippen LogP contribution is 2.31. The van der Waals surface area contributed by atoms with E-state index in [0.717, 1.165) is 53.7 Å². The number of aromatic nitrogens is 3. The number of fused-ring (bicyclic) bond motifs is 2. The predicted octanol–water partition coefficient (Wildman–Crippen LogP) is 4.07. The molecule has 0 fully saturated rings. The van der Waals surface area contributed by atoms with Crippen molar-refractivity contribution in [2.24, 2.45) is 0 Å². The number of hydrogen-bond donors (Lipinski definition) is 0. The van der Waals surface area contributed by atoms with Gasteiger partial charge in [-0.1, -0.05) is 23.7 Å². The van der Waals surface area contributed by atoms with Gasteiger partial charge in [-0.15, -0.1) is 0 Å². The third-order valence-corrected chi connectivity index (χ3v) is 4.40. The molecule has 4 rings (SSSR count). The second kappa shape index (κ2) is 4.81. The molecule has 0 unspecified atom stereocenters. The Kier molecular flexibility index (Phi) is 2.93. The lowest BCUT2D eigenvalue weighted by Gasteiger charge is -2.16. The van der Waals surface area contributed by atoms with E-state index in [2.05, 4.69) is 5.10 Å². The Morgan fingerprint density at radius 3 is 2.67 bits per heavy atom. The SMILES string of the molecule is Fc1ccc(-c2cnn3c(Cl)c4c(nc23)CCCC4)cc1. The quantitative estimate of drug-likeness (QED) is 0.634. The predicted molar refractivity (Wildman–Crippen MR) is 80.0 cm³/mol. The third kappa shape index (κ3) is 2.02. The van der Waals surface area contributed by atoms with Crippen LogP contribution < -0.4 is 0 Å². The molecular formula is C16H13ClFN3. The van der Waals surface area contributed by atoms with E-state index >= 15 is 0 Å². The summed E-state index contributed by atoms with van der Waals surface area (Å²) in [5.74, 6) is -0.251. The highest BCUT2D eigenvalue weighted by Gasteiger charge is 2.20. The zero-order valence-electron chi connectivity index (χ0n) is 11.3. The summed E-state index contributed by atoms with van der Waals surface area (Å²) in [7, 11) is 0. The molecule has 0 radical (unpaired) electrons. The zero-order chi connectivity index (χ0) is 14.4. The molecule has 3 aromatic rings. The molecule has 0 saturated carbocycles. The Balaban J connectivity index is 1.95. The largest absolute Gasteiger partial charge is 0.233 e. The first-order valence-corrected chi connectivity index (χ1v) is 7.43. The Hall–Kier alpha value is -1.94. The van der Waals surface area contributed by atoms with Crippen LogP contribution in [0.2, 0.25) is 5.15 Å². The molecule has 1 aromatic carbocycles. The van der Waals surface area contributed by atoms with E-state index in [1.54, 1.807) is 22.8 Å². The van der Waals surface area contributed by atoms with Crippen LogP contribution in [-0.4, -0.2) is 14.6 Å². The maximum Gasteiger partial charge on any atom is 0.164 e. The summed E-state index contributed by atoms with van der Waals surface area (Å²) in [4.78, 5) is 4.76. The highest BCUT2D eigenvalue weighted by molar-refractivity contribution is 6.30. The smallest absolute Gasteiger partial charge is 0.164 e. The van der Waals surface area contributed by atoms with E-state index < -0.39 is 0 Å². The number of aryl methyl sites for hydroxylation is 1. The zero-order valence-corrected chi connectivity index (χ0v) is 12.1. The highest BCUT2D eigenvalue weighted by atomic mass is 35.5. The Labute approximate surface area is 126 Å². The number of benzene rings is 1. The van der Waals surface area contributed by atoms with Crippen LogP contribution in [0.15, 0.2) is 30.5 Å². The van der Waals surface area contributed by atoms with Crippen molar-refractivity contribution in [3.05, 3.63) is 52.7 Å². The van der Waals surface area contributed by atoms with Gasteiger partial charge >= 0.3 is 0 Å². The normalized spacial score (nSPS) is 14.4. The van der Waals surface area contributed by atoms with Gasteiger partial charge in [0.15, 0.2) is 5.65 Å². The van der Waals surface area contributed by atoms with Crippen LogP contribution in [0.5, 0.6) is 0 Å². The summed E-state index contributed by atoms with van der Waals surface area (Å²) in [6.07, 6.45) is 5.95. The average molecular weight is 302 g/mol. The van der Waals surface area contributed by atoms with Gasteiger partial charge in [0.2, 0.25) is 0 Å². The van der Waals surface area contributed by atoms with E-state index in [4.69, 9.17) is 16.6 Å². The lowest BCUT2D eigenvalue weighted by atomic mass is 9.97. The molecule has 2 heterocycles. The fourth-order valence-electron chi connectivity index (χ4n) is 2.92. The fourth-order valence-corrected chi connectivity index (χ4v) is 3.24. The monoisotopic (exact) mass is 301 g/mol. The van der Waals surface area contributed by atoms with Crippen LogP contribution >= 0.6 is 11.6 Å². The van der Waals surface area contributed by atoms with Gasteiger partial charge in [0, 0.05) is 16.8 Å². The van der Waals surface area contributed by atoms with Gasteiger partial charge in [-0.05, 0) is 43.4 Å². The van der Waals surface area contributed by atoms with E-state index in [-0.39, 0.29) is 5.82 Å². The van der Waals surface area contributed by atoms with Crippen molar-refractivity contribution in [2.75, 3.05) is 0 Å². The van der Waals surface area contributed by atoms with Gasteiger partial charge < -0.3 is 0 Å². The van der Waals surface area contributed by atoms with E-state index in [9.17, 15) is 4.39 Å². The maximum atomic E-state index is 13.1. The Morgan fingerprint density at radius 2 is 1.86 bits per heavy atom. The van der Waals surface area contributed by atoms with Gasteiger partial charge in [-0.2, -0.15) is 5.10 Å². The van der Waals surface area contributed by atoms with Crippen LogP contribution in [0.1, 0.15) is 24.1 Å². The van der Waals surface area contributed by atoms with Crippen LogP contribution in [0.3, 0.4) is 0 Å². The molecule has 106 valence electrons. The van der Waals surface area contributed by atoms with Gasteiger partial charge in [-0.3, -0.25) is 0 Å². The van der Waals surface area contributed by atoms with Crippen LogP contribution in [0, 0.1) is 5.82 Å². The van der Waals surface area contributed by atoms with Crippen molar-refractivity contribution in [2.45, 2.75) is 25.7 Å². The first kappa shape index (κ1) is 12.8. The second-order valence-corrected chi connectivity index (χ2v) is 5.69. The number of nitrogens with zero attached hydrogens (tertiary/aromatic N) is 3. The van der Waals surface area contributed by atoms with Crippen molar-refractivity contribution in [3.63, 3.8) is 0 Å². The Morgan fingerprint density at radius 1 is 1.10 bits per heavy atom. The molecule has 0 aliphatic heterocycles. The average Bonchev–Trinajstić information content (AvgIpc) is 2.92. The molecule has 3 nitrogen and oxygen atoms in total. The van der Waals surface area contributed by atoms with Crippen molar-refractivity contribution in [1.82, 2.24) is 14.6 Å². The molecule has 1 aliphatic carbocycles. The number of rotatable bonds is 1. The van der Waals surface area contributed by atoms with Gasteiger partial charge in [0.05, 0.1) is 6.20 Å². The molecule has 0 amide bonds. The van der Waals surface area contributed by atoms with Crippen LogP contribution in [0.25, 0.3) is 16.8 Å². The molecule has 21 heavy (non-hydrogen) atoms. The molecule has 0 spiro atoms. The lowest BCUT2D eigenvalue weighted by Crippen LogP contribution is -2.10. The van der Waals surface area contributed by atoms with Gasteiger partial charge in [0.1, 0.15) is 11.0 Å². The van der Waals surface area contributed by atoms with Crippen molar-refractivity contribution >= 4 is 17.2 Å². The number of hydrogen-bond acceptors (Lipinski definition) is 2. The minimum absolute atomic E-state index is 0.251. The van der Waals surface area contributed by atoms with Gasteiger partial charge in [0.25, 0.3) is 0 Å². The molecule has 0 N–H and O–H groups in total. The summed E-state index contributed by atoms with van der Waals surface area (Å²) in [6.45, 7) is 0. The molecule has 1 aliphatic rings. The first-order chi connectivity index (χ1) is 10.2. The van der Waals surface area contributed by atoms with Crippen LogP contribution in [0.4, 0.5) is 4.39 Å². The molecule has 0 saturated heterocycles. The van der Waals surface area contributed by atoms with Crippen molar-refractivity contribution in [3.8, 4) is 11.1 Å². The summed E-state index contributed by atoms with van der Waals surface area (Å²) >= 11 is 6.49. The third-order valence-electron chi connectivity index (χ3n) is 4.01. The molecular weight excluding hydrogens is 289 g/mol. The minimum Gasteiger partial charge on any atom is -0.233 e. The Bertz CT molecular complexity index is 824. The topological polar surface area (TPSA) is 30.2 Å². The van der Waals surface area contributed by atoms with E-state index in [1.807, 2.05) is 0 Å². The maximum absolute atomic E-state index is 13.1. The van der Waals surface area contributed by atoms with E-state index in [0.29, 0.717) is 5.15 Å². The molecule has 0 bridgehead atoms. The molecule has 2 aromatic heterocycles. The van der Waals surface area contributed by atoms with Crippen LogP contribution in [-0.2, 0) is 12.8 Å². The standard InChI is InChI=1S/C16H13ClFN3/c17-15-12-3-1-2-4-14(12)20-16-13(9-19-21(15)16)10-5-7-11(18)8-6-10/h5-9H,1-4H2. The summed E-state index contributed by atoms with van der Waals surface area (Å²) in [6, 6.07) is 6.36. The van der Waals surface area contributed by atoms with Crippen molar-refractivity contribution < 1.29 is 4.39 Å². The minimum atomic E-state index is -0.251. The number of halogens is 2. The lowest BCUT2D eigenvalue weighted by molar-refractivity contribution is 0.628. The van der Waals surface area contributed by atoms with Gasteiger partial charge in [-0.25, -0.2) is 13.9 Å². The summed E-state index contributed by atoms with van der Waals surface area (Å²) in [5, 5.41) is 5.01. The summed E-state index contributed by atoms with van der Waals surface area (Å²) < 4.78 is 14.8. The fraction of sp³-hybridized carbons (Fsp3) is 0.250. The molecule has 0 atom stereocenters. The van der Waals surface area contributed by atoms with Crippen molar-refractivity contribution in [1.29, 1.82) is 0 Å². The second-order valence-electron chi connectivity index (χ2n) is 5.34. The van der Waals surface area contributed by atoms with E-state index in [1.165, 1.54) is 12.1 Å². The first-order valence-electron chi connectivity index (χ1n) is 7.05. The molecule has 5 heteroatoms.